The van der Waals surface area contributed by atoms with Gasteiger partial charge in [0, 0.05) is 11.3 Å². The van der Waals surface area contributed by atoms with E-state index in [0.29, 0.717) is 22.6 Å². The van der Waals surface area contributed by atoms with Crippen molar-refractivity contribution in [3.8, 4) is 11.8 Å². The number of nitriles is 1. The first-order valence-corrected chi connectivity index (χ1v) is 9.34. The quantitative estimate of drug-likeness (QED) is 0.422. The number of hydrogen-bond donors (Lipinski definition) is 0. The Bertz CT molecular complexity index is 1030. The van der Waals surface area contributed by atoms with Crippen molar-refractivity contribution in [3.05, 3.63) is 96.1 Å². The van der Waals surface area contributed by atoms with Gasteiger partial charge in [-0.1, -0.05) is 54.6 Å². The molecule has 0 aromatic heterocycles. The summed E-state index contributed by atoms with van der Waals surface area (Å²) < 4.78 is 11.0. The van der Waals surface area contributed by atoms with E-state index < -0.39 is 18.5 Å². The van der Waals surface area contributed by atoms with Crippen LogP contribution in [-0.4, -0.2) is 25.0 Å². The Labute approximate surface area is 174 Å². The summed E-state index contributed by atoms with van der Waals surface area (Å²) in [6.07, 6.45) is 0. The first kappa shape index (κ1) is 20.6. The molecule has 0 heterocycles. The standard InChI is InChI=1S/C24H20N2O4/c25-15-16-26(20-10-3-1-4-11-20)23(27)18-30-24(28)22-14-8-7-9-19(22)17-29-21-12-5-2-6-13-21/h1-14H,16-18H2. The highest BCUT2D eigenvalue weighted by atomic mass is 16.5. The van der Waals surface area contributed by atoms with Crippen molar-refractivity contribution in [1.29, 1.82) is 5.26 Å². The second-order valence-corrected chi connectivity index (χ2v) is 6.31. The van der Waals surface area contributed by atoms with Gasteiger partial charge in [0.2, 0.25) is 0 Å². The largest absolute Gasteiger partial charge is 0.489 e. The Hall–Kier alpha value is -4.11. The van der Waals surface area contributed by atoms with Gasteiger partial charge in [-0.3, -0.25) is 9.69 Å². The molecule has 0 spiro atoms. The third-order valence-electron chi connectivity index (χ3n) is 4.30. The molecule has 0 saturated heterocycles. The fourth-order valence-corrected chi connectivity index (χ4v) is 2.81. The Morgan fingerprint density at radius 1 is 0.867 bits per heavy atom. The van der Waals surface area contributed by atoms with Crippen LogP contribution in [0.2, 0.25) is 0 Å². The summed E-state index contributed by atoms with van der Waals surface area (Å²) in [7, 11) is 0. The summed E-state index contributed by atoms with van der Waals surface area (Å²) in [5.41, 5.74) is 1.54. The molecule has 0 fully saturated rings. The lowest BCUT2D eigenvalue weighted by Crippen LogP contribution is -2.35. The van der Waals surface area contributed by atoms with Crippen molar-refractivity contribution in [2.45, 2.75) is 6.61 Å². The third-order valence-corrected chi connectivity index (χ3v) is 4.30. The minimum Gasteiger partial charge on any atom is -0.489 e. The van der Waals surface area contributed by atoms with Crippen LogP contribution in [0.4, 0.5) is 5.69 Å². The second-order valence-electron chi connectivity index (χ2n) is 6.31. The van der Waals surface area contributed by atoms with Gasteiger partial charge in [-0.2, -0.15) is 5.26 Å². The summed E-state index contributed by atoms with van der Waals surface area (Å²) in [5, 5.41) is 9.03. The van der Waals surface area contributed by atoms with Crippen LogP contribution in [0.3, 0.4) is 0 Å². The highest BCUT2D eigenvalue weighted by Gasteiger charge is 2.19. The zero-order valence-corrected chi connectivity index (χ0v) is 16.2. The lowest BCUT2D eigenvalue weighted by atomic mass is 10.1. The molecule has 3 aromatic carbocycles. The molecule has 1 amide bonds. The van der Waals surface area contributed by atoms with Crippen LogP contribution < -0.4 is 9.64 Å². The molecule has 150 valence electrons. The SMILES string of the molecule is N#CCN(C(=O)COC(=O)c1ccccc1COc1ccccc1)c1ccccc1. The van der Waals surface area contributed by atoms with Crippen LogP contribution in [-0.2, 0) is 16.1 Å². The summed E-state index contributed by atoms with van der Waals surface area (Å²) >= 11 is 0. The zero-order valence-electron chi connectivity index (χ0n) is 16.2. The summed E-state index contributed by atoms with van der Waals surface area (Å²) in [6, 6.07) is 26.9. The number of ether oxygens (including phenoxy) is 2. The molecule has 3 aromatic rings. The molecule has 6 nitrogen and oxygen atoms in total. The molecule has 30 heavy (non-hydrogen) atoms. The normalized spacial score (nSPS) is 9.97. The van der Waals surface area contributed by atoms with E-state index in [2.05, 4.69) is 0 Å². The van der Waals surface area contributed by atoms with Crippen LogP contribution >= 0.6 is 0 Å². The molecule has 0 radical (unpaired) electrons. The molecule has 3 rings (SSSR count). The van der Waals surface area contributed by atoms with Crippen LogP contribution in [0, 0.1) is 11.3 Å². The van der Waals surface area contributed by atoms with E-state index in [1.807, 2.05) is 42.5 Å². The third kappa shape index (κ3) is 5.46. The van der Waals surface area contributed by atoms with Crippen LogP contribution in [0.25, 0.3) is 0 Å². The maximum Gasteiger partial charge on any atom is 0.339 e. The van der Waals surface area contributed by atoms with Crippen LogP contribution in [0.15, 0.2) is 84.9 Å². The predicted molar refractivity (Wildman–Crippen MR) is 112 cm³/mol. The molecule has 0 aliphatic carbocycles. The van der Waals surface area contributed by atoms with E-state index in [-0.39, 0.29) is 13.2 Å². The molecular formula is C24H20N2O4. The number of rotatable bonds is 8. The number of carbonyl (C=O) groups is 2. The van der Waals surface area contributed by atoms with E-state index in [1.165, 1.54) is 4.90 Å². The number of esters is 1. The first-order valence-electron chi connectivity index (χ1n) is 9.34. The highest BCUT2D eigenvalue weighted by Crippen LogP contribution is 2.17. The van der Waals surface area contributed by atoms with E-state index in [1.54, 1.807) is 48.5 Å². The smallest absolute Gasteiger partial charge is 0.339 e. The summed E-state index contributed by atoms with van der Waals surface area (Å²) in [5.74, 6) is -0.416. The van der Waals surface area contributed by atoms with Gasteiger partial charge in [-0.15, -0.1) is 0 Å². The molecule has 0 aliphatic heterocycles. The molecule has 0 bridgehead atoms. The van der Waals surface area contributed by atoms with Gasteiger partial charge < -0.3 is 9.47 Å². The Morgan fingerprint density at radius 2 is 1.50 bits per heavy atom. The second kappa shape index (κ2) is 10.4. The van der Waals surface area contributed by atoms with Gasteiger partial charge >= 0.3 is 5.97 Å². The first-order chi connectivity index (χ1) is 14.7. The average Bonchev–Trinajstić information content (AvgIpc) is 2.81. The van der Waals surface area contributed by atoms with E-state index >= 15 is 0 Å². The lowest BCUT2D eigenvalue weighted by molar-refractivity contribution is -0.121. The van der Waals surface area contributed by atoms with Crippen molar-refractivity contribution in [3.63, 3.8) is 0 Å². The molecule has 0 saturated carbocycles. The van der Waals surface area contributed by atoms with Gasteiger partial charge in [0.05, 0.1) is 11.6 Å². The molecule has 6 heteroatoms. The average molecular weight is 400 g/mol. The van der Waals surface area contributed by atoms with Crippen molar-refractivity contribution in [2.75, 3.05) is 18.1 Å². The van der Waals surface area contributed by atoms with Gasteiger partial charge in [0.15, 0.2) is 6.61 Å². The Balaban J connectivity index is 1.64. The molecular weight excluding hydrogens is 380 g/mol. The van der Waals surface area contributed by atoms with Crippen LogP contribution in [0.5, 0.6) is 5.75 Å². The van der Waals surface area contributed by atoms with Crippen molar-refractivity contribution < 1.29 is 19.1 Å². The maximum atomic E-state index is 12.6. The number of nitrogens with zero attached hydrogens (tertiary/aromatic N) is 2. The number of benzene rings is 3. The van der Waals surface area contributed by atoms with Gasteiger partial charge in [-0.05, 0) is 30.3 Å². The Morgan fingerprint density at radius 3 is 2.20 bits per heavy atom. The van der Waals surface area contributed by atoms with Gasteiger partial charge in [-0.25, -0.2) is 4.79 Å². The summed E-state index contributed by atoms with van der Waals surface area (Å²) in [6.45, 7) is -0.418. The predicted octanol–water partition coefficient (Wildman–Crippen LogP) is 3.98. The fraction of sp³-hybridized carbons (Fsp3) is 0.125. The van der Waals surface area contributed by atoms with Crippen molar-refractivity contribution in [1.82, 2.24) is 0 Å². The highest BCUT2D eigenvalue weighted by molar-refractivity contribution is 5.97. The van der Waals surface area contributed by atoms with Crippen molar-refractivity contribution >= 4 is 17.6 Å². The zero-order chi connectivity index (χ0) is 21.2. The lowest BCUT2D eigenvalue weighted by Gasteiger charge is -2.19. The number of anilines is 1. The molecule has 0 aliphatic rings. The molecule has 0 atom stereocenters. The Kier molecular flexibility index (Phi) is 7.17. The van der Waals surface area contributed by atoms with Crippen LogP contribution in [0.1, 0.15) is 15.9 Å². The number of para-hydroxylation sites is 2. The number of amides is 1. The minimum atomic E-state index is -0.624. The minimum absolute atomic E-state index is 0.137. The van der Waals surface area contributed by atoms with Crippen molar-refractivity contribution in [2.24, 2.45) is 0 Å². The number of carbonyl (C=O) groups excluding carboxylic acids is 2. The monoisotopic (exact) mass is 400 g/mol. The number of hydrogen-bond acceptors (Lipinski definition) is 5. The maximum absolute atomic E-state index is 12.6. The summed E-state index contributed by atoms with van der Waals surface area (Å²) in [4.78, 5) is 26.4. The van der Waals surface area contributed by atoms with E-state index in [0.717, 1.165) is 0 Å². The fourth-order valence-electron chi connectivity index (χ4n) is 2.81. The topological polar surface area (TPSA) is 79.6 Å². The van der Waals surface area contributed by atoms with Gasteiger partial charge in [0.1, 0.15) is 18.9 Å². The van der Waals surface area contributed by atoms with E-state index in [4.69, 9.17) is 14.7 Å². The van der Waals surface area contributed by atoms with Gasteiger partial charge in [0.25, 0.3) is 5.91 Å². The molecule has 0 unspecified atom stereocenters. The molecule has 0 N–H and O–H groups in total. The van der Waals surface area contributed by atoms with E-state index in [9.17, 15) is 9.59 Å².